The van der Waals surface area contributed by atoms with E-state index in [4.69, 9.17) is 4.42 Å². The van der Waals surface area contributed by atoms with Gasteiger partial charge in [0.05, 0.1) is 13.1 Å². The first-order chi connectivity index (χ1) is 9.17. The Hall–Kier alpha value is -0.450. The SMILES string of the molecule is CCCNCc1ccc(CN2CC(C)SC(C)C2)o1. The van der Waals surface area contributed by atoms with Gasteiger partial charge in [0, 0.05) is 23.6 Å². The van der Waals surface area contributed by atoms with Crippen LogP contribution in [0.15, 0.2) is 16.5 Å². The summed E-state index contributed by atoms with van der Waals surface area (Å²) in [6, 6.07) is 4.23. The molecule has 2 atom stereocenters. The van der Waals surface area contributed by atoms with Crippen LogP contribution in [0.2, 0.25) is 0 Å². The zero-order valence-electron chi connectivity index (χ0n) is 12.3. The first-order valence-electron chi connectivity index (χ1n) is 7.33. The molecule has 0 amide bonds. The molecule has 2 rings (SSSR count). The second-order valence-corrected chi connectivity index (χ2v) is 7.38. The highest BCUT2D eigenvalue weighted by Gasteiger charge is 2.22. The highest BCUT2D eigenvalue weighted by molar-refractivity contribution is 8.00. The van der Waals surface area contributed by atoms with E-state index in [2.05, 4.69) is 54.9 Å². The summed E-state index contributed by atoms with van der Waals surface area (Å²) in [5.41, 5.74) is 0. The van der Waals surface area contributed by atoms with E-state index in [9.17, 15) is 0 Å². The van der Waals surface area contributed by atoms with Gasteiger partial charge in [-0.25, -0.2) is 0 Å². The Balaban J connectivity index is 1.82. The molecule has 0 aliphatic carbocycles. The third-order valence-electron chi connectivity index (χ3n) is 3.32. The Labute approximate surface area is 121 Å². The van der Waals surface area contributed by atoms with Crippen LogP contribution in [0, 0.1) is 0 Å². The van der Waals surface area contributed by atoms with Crippen molar-refractivity contribution in [2.45, 2.75) is 50.8 Å². The molecule has 1 N–H and O–H groups in total. The van der Waals surface area contributed by atoms with E-state index in [1.807, 2.05) is 0 Å². The van der Waals surface area contributed by atoms with E-state index in [1.54, 1.807) is 0 Å². The van der Waals surface area contributed by atoms with Crippen molar-refractivity contribution in [3.8, 4) is 0 Å². The van der Waals surface area contributed by atoms with Gasteiger partial charge in [0.2, 0.25) is 0 Å². The van der Waals surface area contributed by atoms with Gasteiger partial charge in [0.1, 0.15) is 11.5 Å². The normalized spacial score (nSPS) is 24.8. The molecule has 0 aromatic carbocycles. The molecule has 0 spiro atoms. The van der Waals surface area contributed by atoms with Crippen LogP contribution >= 0.6 is 11.8 Å². The molecule has 2 heterocycles. The lowest BCUT2D eigenvalue weighted by Crippen LogP contribution is -2.39. The zero-order chi connectivity index (χ0) is 13.7. The molecule has 0 bridgehead atoms. The van der Waals surface area contributed by atoms with Gasteiger partial charge in [-0.15, -0.1) is 0 Å². The predicted octanol–water partition coefficient (Wildman–Crippen LogP) is 3.11. The van der Waals surface area contributed by atoms with Crippen LogP contribution in [0.25, 0.3) is 0 Å². The molecule has 0 radical (unpaired) electrons. The number of hydrogen-bond donors (Lipinski definition) is 1. The van der Waals surface area contributed by atoms with Crippen LogP contribution < -0.4 is 5.32 Å². The molecule has 19 heavy (non-hydrogen) atoms. The Morgan fingerprint density at radius 1 is 1.26 bits per heavy atom. The quantitative estimate of drug-likeness (QED) is 0.812. The van der Waals surface area contributed by atoms with Crippen LogP contribution in [0.5, 0.6) is 0 Å². The molecule has 1 aromatic rings. The molecule has 1 aliphatic heterocycles. The molecule has 4 heteroatoms. The Bertz CT molecular complexity index is 370. The van der Waals surface area contributed by atoms with Crippen LogP contribution in [0.1, 0.15) is 38.7 Å². The predicted molar refractivity (Wildman–Crippen MR) is 82.5 cm³/mol. The fraction of sp³-hybridized carbons (Fsp3) is 0.733. The first-order valence-corrected chi connectivity index (χ1v) is 8.27. The van der Waals surface area contributed by atoms with E-state index in [1.165, 1.54) is 13.1 Å². The smallest absolute Gasteiger partial charge is 0.118 e. The van der Waals surface area contributed by atoms with Crippen molar-refractivity contribution in [3.05, 3.63) is 23.7 Å². The minimum absolute atomic E-state index is 0.726. The number of furan rings is 1. The van der Waals surface area contributed by atoms with Gasteiger partial charge < -0.3 is 9.73 Å². The minimum atomic E-state index is 0.726. The molecular weight excluding hydrogens is 256 g/mol. The van der Waals surface area contributed by atoms with Crippen molar-refractivity contribution in [1.29, 1.82) is 0 Å². The van der Waals surface area contributed by atoms with Crippen molar-refractivity contribution in [1.82, 2.24) is 10.2 Å². The van der Waals surface area contributed by atoms with Crippen LogP contribution in [0.4, 0.5) is 0 Å². The second-order valence-electron chi connectivity index (χ2n) is 5.50. The minimum Gasteiger partial charge on any atom is -0.463 e. The fourth-order valence-corrected chi connectivity index (χ4v) is 4.01. The number of rotatable bonds is 6. The standard InChI is InChI=1S/C15H26N2OS/c1-4-7-16-8-14-5-6-15(18-14)11-17-9-12(2)19-13(3)10-17/h5-6,12-13,16H,4,7-11H2,1-3H3. The highest BCUT2D eigenvalue weighted by Crippen LogP contribution is 2.25. The number of hydrogen-bond acceptors (Lipinski definition) is 4. The maximum absolute atomic E-state index is 5.89. The average molecular weight is 282 g/mol. The third-order valence-corrected chi connectivity index (χ3v) is 4.55. The van der Waals surface area contributed by atoms with E-state index in [-0.39, 0.29) is 0 Å². The molecule has 3 nitrogen and oxygen atoms in total. The van der Waals surface area contributed by atoms with Gasteiger partial charge in [-0.1, -0.05) is 20.8 Å². The van der Waals surface area contributed by atoms with E-state index in [0.717, 1.165) is 48.1 Å². The number of nitrogens with one attached hydrogen (secondary N) is 1. The number of nitrogens with zero attached hydrogens (tertiary/aromatic N) is 1. The maximum Gasteiger partial charge on any atom is 0.118 e. The summed E-state index contributed by atoms with van der Waals surface area (Å²) in [5.74, 6) is 2.15. The molecule has 1 aromatic heterocycles. The molecule has 1 fully saturated rings. The summed E-state index contributed by atoms with van der Waals surface area (Å²) in [6.45, 7) is 12.0. The largest absolute Gasteiger partial charge is 0.463 e. The summed E-state index contributed by atoms with van der Waals surface area (Å²) in [6.07, 6.45) is 1.16. The summed E-state index contributed by atoms with van der Waals surface area (Å²) in [4.78, 5) is 2.51. The van der Waals surface area contributed by atoms with Crippen molar-refractivity contribution in [3.63, 3.8) is 0 Å². The zero-order valence-corrected chi connectivity index (χ0v) is 13.1. The fourth-order valence-electron chi connectivity index (χ4n) is 2.62. The van der Waals surface area contributed by atoms with Gasteiger partial charge in [-0.3, -0.25) is 4.90 Å². The Morgan fingerprint density at radius 2 is 1.95 bits per heavy atom. The van der Waals surface area contributed by atoms with E-state index >= 15 is 0 Å². The molecule has 0 saturated carbocycles. The van der Waals surface area contributed by atoms with Crippen LogP contribution in [-0.2, 0) is 13.1 Å². The van der Waals surface area contributed by atoms with Gasteiger partial charge in [0.15, 0.2) is 0 Å². The van der Waals surface area contributed by atoms with Gasteiger partial charge in [0.25, 0.3) is 0 Å². The number of thioether (sulfide) groups is 1. The lowest BCUT2D eigenvalue weighted by Gasteiger charge is -2.33. The van der Waals surface area contributed by atoms with Crippen molar-refractivity contribution in [2.75, 3.05) is 19.6 Å². The molecule has 108 valence electrons. The summed E-state index contributed by atoms with van der Waals surface area (Å²) >= 11 is 2.09. The molecule has 2 unspecified atom stereocenters. The van der Waals surface area contributed by atoms with Gasteiger partial charge in [-0.2, -0.15) is 11.8 Å². The monoisotopic (exact) mass is 282 g/mol. The van der Waals surface area contributed by atoms with Gasteiger partial charge >= 0.3 is 0 Å². The summed E-state index contributed by atoms with van der Waals surface area (Å²) < 4.78 is 5.89. The maximum atomic E-state index is 5.89. The van der Waals surface area contributed by atoms with E-state index in [0.29, 0.717) is 0 Å². The molecular formula is C15H26N2OS. The molecule has 1 aliphatic rings. The third kappa shape index (κ3) is 4.86. The highest BCUT2D eigenvalue weighted by atomic mass is 32.2. The van der Waals surface area contributed by atoms with Crippen molar-refractivity contribution < 1.29 is 4.42 Å². The Morgan fingerprint density at radius 3 is 2.63 bits per heavy atom. The average Bonchev–Trinajstić information content (AvgIpc) is 2.76. The lowest BCUT2D eigenvalue weighted by molar-refractivity contribution is 0.238. The molecule has 1 saturated heterocycles. The first kappa shape index (κ1) is 14.9. The van der Waals surface area contributed by atoms with Crippen LogP contribution in [0.3, 0.4) is 0 Å². The second kappa shape index (κ2) is 7.36. The van der Waals surface area contributed by atoms with Crippen molar-refractivity contribution in [2.24, 2.45) is 0 Å². The lowest BCUT2D eigenvalue weighted by atomic mass is 10.3. The summed E-state index contributed by atoms with van der Waals surface area (Å²) in [7, 11) is 0. The van der Waals surface area contributed by atoms with E-state index < -0.39 is 0 Å². The Kier molecular flexibility index (Phi) is 5.79. The van der Waals surface area contributed by atoms with Crippen LogP contribution in [-0.4, -0.2) is 35.0 Å². The topological polar surface area (TPSA) is 28.4 Å². The summed E-state index contributed by atoms with van der Waals surface area (Å²) in [5, 5.41) is 4.82. The van der Waals surface area contributed by atoms with Crippen molar-refractivity contribution >= 4 is 11.8 Å². The van der Waals surface area contributed by atoms with Gasteiger partial charge in [-0.05, 0) is 25.1 Å².